The highest BCUT2D eigenvalue weighted by Gasteiger charge is 2.40. The molecule has 1 N–H and O–H groups in total. The lowest BCUT2D eigenvalue weighted by Gasteiger charge is -2.16. The van der Waals surface area contributed by atoms with Gasteiger partial charge in [-0.1, -0.05) is 53.5 Å². The smallest absolute Gasteiger partial charge is 0.282 e. The van der Waals surface area contributed by atoms with Gasteiger partial charge in [-0.2, -0.15) is 0 Å². The highest BCUT2D eigenvalue weighted by atomic mass is 35.5. The van der Waals surface area contributed by atoms with Crippen LogP contribution in [0.3, 0.4) is 0 Å². The van der Waals surface area contributed by atoms with Gasteiger partial charge in [-0.3, -0.25) is 9.59 Å². The van der Waals surface area contributed by atoms with E-state index in [1.165, 1.54) is 12.1 Å². The molecule has 7 heteroatoms. The minimum absolute atomic E-state index is 0.122. The van der Waals surface area contributed by atoms with E-state index in [1.807, 2.05) is 13.0 Å². The second-order valence-electron chi connectivity index (χ2n) is 6.74. The monoisotopic (exact) mass is 440 g/mol. The standard InChI is InChI=1S/C23H15Cl2FN2O2/c1-13-11-15(24)7-10-19(13)27-21-20(14-5-3-2-4-6-14)22(29)28(23(21)30)16-8-9-18(26)17(25)12-16/h2-12,27H,1H3. The lowest BCUT2D eigenvalue weighted by atomic mass is 10.0. The SMILES string of the molecule is Cc1cc(Cl)ccc1NC1=C(c2ccccc2)C(=O)N(c2ccc(F)c(Cl)c2)C1=O. The number of anilines is 2. The van der Waals surface area contributed by atoms with Gasteiger partial charge in [0.25, 0.3) is 11.8 Å². The van der Waals surface area contributed by atoms with E-state index in [0.717, 1.165) is 16.5 Å². The molecule has 0 saturated heterocycles. The van der Waals surface area contributed by atoms with Gasteiger partial charge in [-0.25, -0.2) is 9.29 Å². The molecule has 0 fully saturated rings. The molecule has 0 radical (unpaired) electrons. The molecule has 3 aromatic carbocycles. The van der Waals surface area contributed by atoms with Crippen LogP contribution in [0.15, 0.2) is 72.4 Å². The number of aryl methyl sites for hydroxylation is 1. The van der Waals surface area contributed by atoms with Crippen molar-refractivity contribution in [1.29, 1.82) is 0 Å². The van der Waals surface area contributed by atoms with Crippen molar-refractivity contribution in [2.45, 2.75) is 6.92 Å². The van der Waals surface area contributed by atoms with Gasteiger partial charge < -0.3 is 5.32 Å². The Balaban J connectivity index is 1.83. The Morgan fingerprint density at radius 1 is 0.900 bits per heavy atom. The quantitative estimate of drug-likeness (QED) is 0.518. The second kappa shape index (κ2) is 7.94. The zero-order valence-corrected chi connectivity index (χ0v) is 17.3. The van der Waals surface area contributed by atoms with Crippen LogP contribution in [-0.2, 0) is 9.59 Å². The predicted octanol–water partition coefficient (Wildman–Crippen LogP) is 5.84. The summed E-state index contributed by atoms with van der Waals surface area (Å²) in [6.07, 6.45) is 0. The molecule has 1 heterocycles. The van der Waals surface area contributed by atoms with Crippen LogP contribution < -0.4 is 10.2 Å². The van der Waals surface area contributed by atoms with Crippen molar-refractivity contribution in [2.75, 3.05) is 10.2 Å². The molecule has 2 amide bonds. The number of carbonyl (C=O) groups is 2. The average molecular weight is 441 g/mol. The number of imide groups is 1. The summed E-state index contributed by atoms with van der Waals surface area (Å²) in [5, 5.41) is 3.48. The Kier molecular flexibility index (Phi) is 5.33. The van der Waals surface area contributed by atoms with E-state index in [9.17, 15) is 14.0 Å². The number of nitrogens with zero attached hydrogens (tertiary/aromatic N) is 1. The number of carbonyl (C=O) groups excluding carboxylic acids is 2. The van der Waals surface area contributed by atoms with Crippen LogP contribution in [0.2, 0.25) is 10.0 Å². The molecule has 0 unspecified atom stereocenters. The maximum Gasteiger partial charge on any atom is 0.282 e. The first-order valence-electron chi connectivity index (χ1n) is 9.03. The summed E-state index contributed by atoms with van der Waals surface area (Å²) in [6.45, 7) is 1.84. The molecule has 4 nitrogen and oxygen atoms in total. The van der Waals surface area contributed by atoms with Crippen molar-refractivity contribution in [2.24, 2.45) is 0 Å². The Bertz CT molecular complexity index is 1210. The van der Waals surface area contributed by atoms with Crippen molar-refractivity contribution in [3.63, 3.8) is 0 Å². The van der Waals surface area contributed by atoms with E-state index in [2.05, 4.69) is 5.32 Å². The summed E-state index contributed by atoms with van der Waals surface area (Å²) in [5.74, 6) is -1.72. The summed E-state index contributed by atoms with van der Waals surface area (Å²) in [5.41, 5.74) is 2.57. The molecule has 0 aromatic heterocycles. The third-order valence-electron chi connectivity index (χ3n) is 4.76. The molecule has 0 bridgehead atoms. The average Bonchev–Trinajstić information content (AvgIpc) is 2.96. The Morgan fingerprint density at radius 3 is 2.30 bits per heavy atom. The summed E-state index contributed by atoms with van der Waals surface area (Å²) < 4.78 is 13.6. The summed E-state index contributed by atoms with van der Waals surface area (Å²) in [6, 6.07) is 17.8. The number of rotatable bonds is 4. The van der Waals surface area contributed by atoms with Crippen LogP contribution in [0.1, 0.15) is 11.1 Å². The molecule has 3 aromatic rings. The summed E-state index contributed by atoms with van der Waals surface area (Å²) in [7, 11) is 0. The molecule has 1 aliphatic heterocycles. The first kappa shape index (κ1) is 20.1. The van der Waals surface area contributed by atoms with Gasteiger partial charge in [-0.15, -0.1) is 0 Å². The fourth-order valence-corrected chi connectivity index (χ4v) is 3.68. The van der Waals surface area contributed by atoms with E-state index < -0.39 is 17.6 Å². The van der Waals surface area contributed by atoms with Crippen molar-refractivity contribution >= 4 is 52.0 Å². The van der Waals surface area contributed by atoms with Crippen molar-refractivity contribution < 1.29 is 14.0 Å². The summed E-state index contributed by atoms with van der Waals surface area (Å²) in [4.78, 5) is 27.6. The molecule has 0 saturated carbocycles. The topological polar surface area (TPSA) is 49.4 Å². The molecular weight excluding hydrogens is 426 g/mol. The van der Waals surface area contributed by atoms with Crippen LogP contribution >= 0.6 is 23.2 Å². The molecule has 0 atom stereocenters. The third-order valence-corrected chi connectivity index (χ3v) is 5.28. The largest absolute Gasteiger partial charge is 0.350 e. The van der Waals surface area contributed by atoms with Gasteiger partial charge in [0.1, 0.15) is 11.5 Å². The van der Waals surface area contributed by atoms with Crippen molar-refractivity contribution in [3.05, 3.63) is 99.4 Å². The van der Waals surface area contributed by atoms with Gasteiger partial charge in [-0.05, 0) is 54.4 Å². The Hall–Kier alpha value is -3.15. The van der Waals surface area contributed by atoms with Crippen LogP contribution in [0.5, 0.6) is 0 Å². The molecule has 0 spiro atoms. The van der Waals surface area contributed by atoms with Gasteiger partial charge in [0.05, 0.1) is 16.3 Å². The first-order chi connectivity index (χ1) is 14.4. The fourth-order valence-electron chi connectivity index (χ4n) is 3.28. The molecule has 150 valence electrons. The molecule has 1 aliphatic rings. The van der Waals surface area contributed by atoms with E-state index >= 15 is 0 Å². The third kappa shape index (κ3) is 3.58. The van der Waals surface area contributed by atoms with Crippen LogP contribution in [-0.4, -0.2) is 11.8 Å². The highest BCUT2D eigenvalue weighted by Crippen LogP contribution is 2.35. The molecular formula is C23H15Cl2FN2O2. The van der Waals surface area contributed by atoms with E-state index in [1.54, 1.807) is 42.5 Å². The zero-order valence-electron chi connectivity index (χ0n) is 15.7. The molecule has 4 rings (SSSR count). The maximum atomic E-state index is 13.6. The minimum atomic E-state index is -0.633. The van der Waals surface area contributed by atoms with E-state index in [0.29, 0.717) is 16.3 Å². The summed E-state index contributed by atoms with van der Waals surface area (Å²) >= 11 is 11.9. The van der Waals surface area contributed by atoms with Gasteiger partial charge in [0.2, 0.25) is 0 Å². The van der Waals surface area contributed by atoms with Crippen LogP contribution in [0, 0.1) is 12.7 Å². The number of hydrogen-bond donors (Lipinski definition) is 1. The zero-order chi connectivity index (χ0) is 21.4. The minimum Gasteiger partial charge on any atom is -0.350 e. The fraction of sp³-hybridized carbons (Fsp3) is 0.0435. The Morgan fingerprint density at radius 2 is 1.63 bits per heavy atom. The normalized spacial score (nSPS) is 13.9. The van der Waals surface area contributed by atoms with Crippen LogP contribution in [0.25, 0.3) is 5.57 Å². The van der Waals surface area contributed by atoms with Gasteiger partial charge in [0, 0.05) is 10.7 Å². The molecule has 0 aliphatic carbocycles. The lowest BCUT2D eigenvalue weighted by molar-refractivity contribution is -0.120. The number of nitrogens with one attached hydrogen (secondary N) is 1. The highest BCUT2D eigenvalue weighted by molar-refractivity contribution is 6.46. The first-order valence-corrected chi connectivity index (χ1v) is 9.79. The second-order valence-corrected chi connectivity index (χ2v) is 7.59. The van der Waals surface area contributed by atoms with Crippen LogP contribution in [0.4, 0.5) is 15.8 Å². The van der Waals surface area contributed by atoms with Crippen molar-refractivity contribution in [1.82, 2.24) is 0 Å². The van der Waals surface area contributed by atoms with E-state index in [-0.39, 0.29) is 22.0 Å². The lowest BCUT2D eigenvalue weighted by Crippen LogP contribution is -2.32. The molecule has 30 heavy (non-hydrogen) atoms. The number of hydrogen-bond acceptors (Lipinski definition) is 3. The van der Waals surface area contributed by atoms with Gasteiger partial charge >= 0.3 is 0 Å². The Labute approximate surface area is 182 Å². The number of amides is 2. The number of benzene rings is 3. The van der Waals surface area contributed by atoms with Gasteiger partial charge in [0.15, 0.2) is 0 Å². The maximum absolute atomic E-state index is 13.6. The van der Waals surface area contributed by atoms with E-state index in [4.69, 9.17) is 23.2 Å². The van der Waals surface area contributed by atoms with Crippen molar-refractivity contribution in [3.8, 4) is 0 Å². The number of halogens is 3. The predicted molar refractivity (Wildman–Crippen MR) is 117 cm³/mol.